The van der Waals surface area contributed by atoms with Crippen molar-refractivity contribution in [2.45, 2.75) is 12.8 Å². The third-order valence-electron chi connectivity index (χ3n) is 1.98. The highest BCUT2D eigenvalue weighted by molar-refractivity contribution is 6.17. The summed E-state index contributed by atoms with van der Waals surface area (Å²) in [5, 5.41) is 8.80. The zero-order chi connectivity index (χ0) is 12.1. The van der Waals surface area contributed by atoms with E-state index >= 15 is 0 Å². The lowest BCUT2D eigenvalue weighted by atomic mass is 10.0. The van der Waals surface area contributed by atoms with Crippen molar-refractivity contribution in [3.8, 4) is 6.07 Å². The van der Waals surface area contributed by atoms with Gasteiger partial charge in [0.2, 0.25) is 0 Å². The van der Waals surface area contributed by atoms with Gasteiger partial charge in [0.05, 0.1) is 12.2 Å². The Bertz CT molecular complexity index is 454. The number of nitriles is 1. The van der Waals surface area contributed by atoms with Gasteiger partial charge in [-0.15, -0.1) is 11.6 Å². The minimum Gasteiger partial charge on any atom is -0.462 e. The van der Waals surface area contributed by atoms with Crippen LogP contribution in [0.1, 0.15) is 28.4 Å². The molecule has 16 heavy (non-hydrogen) atoms. The molecule has 0 aliphatic carbocycles. The van der Waals surface area contributed by atoms with Crippen LogP contribution in [0.25, 0.3) is 0 Å². The van der Waals surface area contributed by atoms with Crippen LogP contribution in [0.5, 0.6) is 0 Å². The van der Waals surface area contributed by atoms with E-state index in [1.807, 2.05) is 0 Å². The zero-order valence-electron chi connectivity index (χ0n) is 8.59. The summed E-state index contributed by atoms with van der Waals surface area (Å²) in [5.41, 5.74) is -0.0194. The molecule has 5 heteroatoms. The first kappa shape index (κ1) is 12.5. The predicted octanol–water partition coefficient (Wildman–Crippen LogP) is 2.61. The number of halogens is 2. The Morgan fingerprint density at radius 3 is 2.81 bits per heavy atom. The lowest BCUT2D eigenvalue weighted by Crippen LogP contribution is -2.11. The van der Waals surface area contributed by atoms with Gasteiger partial charge in [-0.1, -0.05) is 6.07 Å². The Balaban J connectivity index is 3.37. The molecule has 0 radical (unpaired) electrons. The average molecular weight is 242 g/mol. The van der Waals surface area contributed by atoms with E-state index in [4.69, 9.17) is 21.6 Å². The van der Waals surface area contributed by atoms with Gasteiger partial charge in [-0.05, 0) is 18.6 Å². The number of benzene rings is 1. The topological polar surface area (TPSA) is 50.1 Å². The molecule has 0 aliphatic heterocycles. The highest BCUT2D eigenvalue weighted by Crippen LogP contribution is 2.20. The summed E-state index contributed by atoms with van der Waals surface area (Å²) in [6.45, 7) is 1.78. The first-order chi connectivity index (χ1) is 7.65. The van der Waals surface area contributed by atoms with E-state index in [1.54, 1.807) is 13.0 Å². The summed E-state index contributed by atoms with van der Waals surface area (Å²) < 4.78 is 18.0. The molecule has 1 aromatic rings. The van der Waals surface area contributed by atoms with Crippen LogP contribution < -0.4 is 0 Å². The molecule has 0 amide bonds. The van der Waals surface area contributed by atoms with Gasteiger partial charge in [-0.3, -0.25) is 0 Å². The van der Waals surface area contributed by atoms with Crippen molar-refractivity contribution in [1.29, 1.82) is 5.26 Å². The van der Waals surface area contributed by atoms with Gasteiger partial charge < -0.3 is 4.74 Å². The number of nitrogens with zero attached hydrogens (tertiary/aromatic N) is 1. The minimum absolute atomic E-state index is 0.0170. The Labute approximate surface area is 97.4 Å². The number of rotatable bonds is 3. The quantitative estimate of drug-likeness (QED) is 0.604. The number of alkyl halides is 1. The molecule has 0 spiro atoms. The summed E-state index contributed by atoms with van der Waals surface area (Å²) in [7, 11) is 0. The fourth-order valence-electron chi connectivity index (χ4n) is 1.28. The van der Waals surface area contributed by atoms with Gasteiger partial charge in [-0.2, -0.15) is 5.26 Å². The molecule has 0 unspecified atom stereocenters. The van der Waals surface area contributed by atoms with Crippen LogP contribution >= 0.6 is 11.6 Å². The lowest BCUT2D eigenvalue weighted by Gasteiger charge is -2.08. The summed E-state index contributed by atoms with van der Waals surface area (Å²) in [6, 6.07) is 4.12. The molecule has 0 fully saturated rings. The monoisotopic (exact) mass is 241 g/mol. The largest absolute Gasteiger partial charge is 0.462 e. The Morgan fingerprint density at radius 2 is 2.31 bits per heavy atom. The van der Waals surface area contributed by atoms with E-state index in [0.717, 1.165) is 6.07 Å². The van der Waals surface area contributed by atoms with Crippen molar-refractivity contribution in [1.82, 2.24) is 0 Å². The Hall–Kier alpha value is -1.60. The van der Waals surface area contributed by atoms with Crippen molar-refractivity contribution >= 4 is 17.6 Å². The maximum absolute atomic E-state index is 13.3. The number of carbonyl (C=O) groups excluding carboxylic acids is 1. The number of carbonyl (C=O) groups is 1. The summed E-state index contributed by atoms with van der Waals surface area (Å²) >= 11 is 5.62. The van der Waals surface area contributed by atoms with Gasteiger partial charge in [-0.25, -0.2) is 9.18 Å². The average Bonchev–Trinajstić information content (AvgIpc) is 2.28. The molecule has 84 valence electrons. The molecule has 0 atom stereocenters. The Morgan fingerprint density at radius 1 is 1.62 bits per heavy atom. The van der Waals surface area contributed by atoms with Crippen molar-refractivity contribution in [3.05, 3.63) is 34.6 Å². The maximum Gasteiger partial charge on any atom is 0.339 e. The highest BCUT2D eigenvalue weighted by atomic mass is 35.5. The first-order valence-electron chi connectivity index (χ1n) is 4.60. The van der Waals surface area contributed by atoms with Crippen LogP contribution in [0.4, 0.5) is 4.39 Å². The van der Waals surface area contributed by atoms with E-state index in [1.165, 1.54) is 6.07 Å². The van der Waals surface area contributed by atoms with Crippen LogP contribution in [0.3, 0.4) is 0 Å². The van der Waals surface area contributed by atoms with Crippen LogP contribution in [-0.4, -0.2) is 12.6 Å². The van der Waals surface area contributed by atoms with Crippen molar-refractivity contribution in [3.63, 3.8) is 0 Å². The van der Waals surface area contributed by atoms with E-state index in [0.29, 0.717) is 5.56 Å². The van der Waals surface area contributed by atoms with Crippen molar-refractivity contribution in [2.75, 3.05) is 6.61 Å². The normalized spacial score (nSPS) is 9.62. The van der Waals surface area contributed by atoms with E-state index < -0.39 is 11.8 Å². The highest BCUT2D eigenvalue weighted by Gasteiger charge is 2.20. The second-order valence-electron chi connectivity index (χ2n) is 2.92. The van der Waals surface area contributed by atoms with Crippen LogP contribution in [0.2, 0.25) is 0 Å². The zero-order valence-corrected chi connectivity index (χ0v) is 9.34. The molecule has 0 aliphatic rings. The van der Waals surface area contributed by atoms with Gasteiger partial charge >= 0.3 is 5.97 Å². The van der Waals surface area contributed by atoms with E-state index in [9.17, 15) is 9.18 Å². The second kappa shape index (κ2) is 5.47. The molecule has 0 saturated heterocycles. The summed E-state index contributed by atoms with van der Waals surface area (Å²) in [4.78, 5) is 11.6. The van der Waals surface area contributed by atoms with E-state index in [2.05, 4.69) is 0 Å². The number of hydrogen-bond donors (Lipinski definition) is 0. The van der Waals surface area contributed by atoms with Crippen LogP contribution in [-0.2, 0) is 10.6 Å². The molecule has 0 aromatic heterocycles. The molecule has 1 aromatic carbocycles. The second-order valence-corrected chi connectivity index (χ2v) is 3.19. The SMILES string of the molecule is CCOC(=O)c1c(CCl)ccc(F)c1C#N. The van der Waals surface area contributed by atoms with Crippen LogP contribution in [0.15, 0.2) is 12.1 Å². The maximum atomic E-state index is 13.3. The third kappa shape index (κ3) is 2.31. The fourth-order valence-corrected chi connectivity index (χ4v) is 1.50. The predicted molar refractivity (Wildman–Crippen MR) is 56.6 cm³/mol. The number of ether oxygens (including phenoxy) is 1. The molecular formula is C11H9ClFNO2. The molecule has 0 heterocycles. The molecule has 0 bridgehead atoms. The lowest BCUT2D eigenvalue weighted by molar-refractivity contribution is 0.0524. The van der Waals surface area contributed by atoms with Crippen LogP contribution in [0, 0.1) is 17.1 Å². The standard InChI is InChI=1S/C11H9ClFNO2/c1-2-16-11(15)10-7(5-12)3-4-9(13)8(10)6-14/h3-4H,2,5H2,1H3. The van der Waals surface area contributed by atoms with Gasteiger partial charge in [0.1, 0.15) is 17.4 Å². The molecule has 0 saturated carbocycles. The van der Waals surface area contributed by atoms with Crippen molar-refractivity contribution in [2.24, 2.45) is 0 Å². The molecule has 1 rings (SSSR count). The van der Waals surface area contributed by atoms with Gasteiger partial charge in [0, 0.05) is 5.88 Å². The first-order valence-corrected chi connectivity index (χ1v) is 5.13. The Kier molecular flexibility index (Phi) is 4.27. The summed E-state index contributed by atoms with van der Waals surface area (Å²) in [5.74, 6) is -1.46. The molecular weight excluding hydrogens is 233 g/mol. The van der Waals surface area contributed by atoms with Gasteiger partial charge in [0.15, 0.2) is 0 Å². The van der Waals surface area contributed by atoms with Crippen molar-refractivity contribution < 1.29 is 13.9 Å². The van der Waals surface area contributed by atoms with E-state index in [-0.39, 0.29) is 23.6 Å². The number of hydrogen-bond acceptors (Lipinski definition) is 3. The molecule has 3 nitrogen and oxygen atoms in total. The minimum atomic E-state index is -0.751. The van der Waals surface area contributed by atoms with Gasteiger partial charge in [0.25, 0.3) is 0 Å². The number of esters is 1. The smallest absolute Gasteiger partial charge is 0.339 e. The fraction of sp³-hybridized carbons (Fsp3) is 0.273. The third-order valence-corrected chi connectivity index (χ3v) is 2.26. The summed E-state index contributed by atoms with van der Waals surface area (Å²) in [6.07, 6.45) is 0. The molecule has 0 N–H and O–H groups in total.